The highest BCUT2D eigenvalue weighted by molar-refractivity contribution is 14.1. The number of nitriles is 1. The van der Waals surface area contributed by atoms with E-state index in [4.69, 9.17) is 4.43 Å². The van der Waals surface area contributed by atoms with Crippen LogP contribution in [0.15, 0.2) is 24.3 Å². The van der Waals surface area contributed by atoms with Crippen molar-refractivity contribution in [3.8, 4) is 6.07 Å². The standard InChI is InChI=1S/C12H16INOSi/c1-12(9-14,15-16(2,3)4)10-5-7-11(13)8-6-10/h5-8H,1-4H3. The molecule has 4 heteroatoms. The fourth-order valence-electron chi connectivity index (χ4n) is 1.53. The Labute approximate surface area is 112 Å². The predicted octanol–water partition coefficient (Wildman–Crippen LogP) is 3.88. The van der Waals surface area contributed by atoms with Gasteiger partial charge in [-0.15, -0.1) is 0 Å². The summed E-state index contributed by atoms with van der Waals surface area (Å²) in [6.07, 6.45) is 0. The topological polar surface area (TPSA) is 33.0 Å². The maximum absolute atomic E-state index is 9.32. The van der Waals surface area contributed by atoms with Gasteiger partial charge in [0, 0.05) is 3.57 Å². The third-order valence-electron chi connectivity index (χ3n) is 2.12. The van der Waals surface area contributed by atoms with Gasteiger partial charge in [0.25, 0.3) is 0 Å². The summed E-state index contributed by atoms with van der Waals surface area (Å²) < 4.78 is 7.14. The fourth-order valence-corrected chi connectivity index (χ4v) is 3.27. The summed E-state index contributed by atoms with van der Waals surface area (Å²) in [6, 6.07) is 10.2. The molecule has 0 saturated carbocycles. The molecular weight excluding hydrogens is 329 g/mol. The van der Waals surface area contributed by atoms with Crippen LogP contribution in [-0.4, -0.2) is 8.32 Å². The normalized spacial score (nSPS) is 15.2. The average molecular weight is 345 g/mol. The molecule has 1 aromatic rings. The van der Waals surface area contributed by atoms with Gasteiger partial charge in [-0.2, -0.15) is 5.26 Å². The summed E-state index contributed by atoms with van der Waals surface area (Å²) in [5, 5.41) is 9.32. The quantitative estimate of drug-likeness (QED) is 0.615. The van der Waals surface area contributed by atoms with Crippen LogP contribution in [0, 0.1) is 14.9 Å². The van der Waals surface area contributed by atoms with E-state index < -0.39 is 13.9 Å². The lowest BCUT2D eigenvalue weighted by Crippen LogP contribution is -2.37. The van der Waals surface area contributed by atoms with Crippen molar-refractivity contribution in [1.29, 1.82) is 5.26 Å². The molecule has 0 aliphatic carbocycles. The molecule has 0 saturated heterocycles. The lowest BCUT2D eigenvalue weighted by molar-refractivity contribution is 0.141. The summed E-state index contributed by atoms with van der Waals surface area (Å²) in [4.78, 5) is 0. The van der Waals surface area contributed by atoms with Crippen LogP contribution >= 0.6 is 22.6 Å². The van der Waals surface area contributed by atoms with Crippen molar-refractivity contribution in [3.05, 3.63) is 33.4 Å². The Hall–Kier alpha value is -0.383. The van der Waals surface area contributed by atoms with E-state index in [-0.39, 0.29) is 0 Å². The minimum atomic E-state index is -1.73. The van der Waals surface area contributed by atoms with Gasteiger partial charge in [-0.3, -0.25) is 0 Å². The Morgan fingerprint density at radius 2 is 1.75 bits per heavy atom. The second-order valence-corrected chi connectivity index (χ2v) is 10.5. The van der Waals surface area contributed by atoms with E-state index in [2.05, 4.69) is 48.3 Å². The van der Waals surface area contributed by atoms with E-state index >= 15 is 0 Å². The number of halogens is 1. The molecule has 0 bridgehead atoms. The Morgan fingerprint density at radius 3 is 2.12 bits per heavy atom. The number of nitrogens with zero attached hydrogens (tertiary/aromatic N) is 1. The SMILES string of the molecule is CC(C#N)(O[Si](C)(C)C)c1ccc(I)cc1. The molecule has 0 radical (unpaired) electrons. The molecule has 2 nitrogen and oxygen atoms in total. The van der Waals surface area contributed by atoms with Gasteiger partial charge in [-0.25, -0.2) is 0 Å². The first-order valence-corrected chi connectivity index (χ1v) is 9.63. The monoisotopic (exact) mass is 345 g/mol. The van der Waals surface area contributed by atoms with Gasteiger partial charge in [0.1, 0.15) is 6.07 Å². The summed E-state index contributed by atoms with van der Waals surface area (Å²) in [6.45, 7) is 8.12. The van der Waals surface area contributed by atoms with Gasteiger partial charge in [0.05, 0.1) is 0 Å². The minimum Gasteiger partial charge on any atom is -0.397 e. The van der Waals surface area contributed by atoms with Crippen LogP contribution in [0.4, 0.5) is 0 Å². The molecule has 1 aromatic carbocycles. The summed E-state index contributed by atoms with van der Waals surface area (Å²) in [7, 11) is -1.73. The number of rotatable bonds is 3. The van der Waals surface area contributed by atoms with Crippen molar-refractivity contribution in [2.45, 2.75) is 32.2 Å². The number of hydrogen-bond acceptors (Lipinski definition) is 2. The second kappa shape index (κ2) is 4.86. The molecule has 1 unspecified atom stereocenters. The molecule has 1 rings (SSSR count). The van der Waals surface area contributed by atoms with Gasteiger partial charge in [0.15, 0.2) is 13.9 Å². The van der Waals surface area contributed by atoms with Crippen molar-refractivity contribution in [1.82, 2.24) is 0 Å². The molecule has 16 heavy (non-hydrogen) atoms. The zero-order valence-electron chi connectivity index (χ0n) is 10.0. The molecule has 0 aliphatic heterocycles. The first-order valence-electron chi connectivity index (χ1n) is 5.14. The molecule has 1 atom stereocenters. The summed E-state index contributed by atoms with van der Waals surface area (Å²) in [5.41, 5.74) is 0.104. The van der Waals surface area contributed by atoms with Gasteiger partial charge >= 0.3 is 0 Å². The summed E-state index contributed by atoms with van der Waals surface area (Å²) >= 11 is 2.25. The zero-order chi connectivity index (χ0) is 12.4. The highest BCUT2D eigenvalue weighted by Crippen LogP contribution is 2.28. The van der Waals surface area contributed by atoms with E-state index in [1.54, 1.807) is 0 Å². The van der Waals surface area contributed by atoms with Gasteiger partial charge in [0.2, 0.25) is 0 Å². The summed E-state index contributed by atoms with van der Waals surface area (Å²) in [5.74, 6) is 0. The van der Waals surface area contributed by atoms with E-state index in [0.29, 0.717) is 0 Å². The second-order valence-electron chi connectivity index (χ2n) is 4.87. The lowest BCUT2D eigenvalue weighted by Gasteiger charge is -2.30. The molecule has 0 spiro atoms. The molecule has 0 fully saturated rings. The van der Waals surface area contributed by atoms with Crippen molar-refractivity contribution in [3.63, 3.8) is 0 Å². The maximum Gasteiger partial charge on any atom is 0.186 e. The van der Waals surface area contributed by atoms with Crippen molar-refractivity contribution in [2.24, 2.45) is 0 Å². The van der Waals surface area contributed by atoms with Crippen molar-refractivity contribution >= 4 is 30.9 Å². The molecule has 0 amide bonds. The third kappa shape index (κ3) is 3.58. The molecule has 0 heterocycles. The zero-order valence-corrected chi connectivity index (χ0v) is 13.2. The van der Waals surface area contributed by atoms with Crippen molar-refractivity contribution in [2.75, 3.05) is 0 Å². The third-order valence-corrected chi connectivity index (χ3v) is 3.86. The minimum absolute atomic E-state index is 0.825. The number of hydrogen-bond donors (Lipinski definition) is 0. The van der Waals surface area contributed by atoms with Crippen LogP contribution in [0.3, 0.4) is 0 Å². The van der Waals surface area contributed by atoms with Crippen LogP contribution in [0.2, 0.25) is 19.6 Å². The lowest BCUT2D eigenvalue weighted by atomic mass is 9.98. The van der Waals surface area contributed by atoms with E-state index in [0.717, 1.165) is 9.13 Å². The fraction of sp³-hybridized carbons (Fsp3) is 0.417. The van der Waals surface area contributed by atoms with Gasteiger partial charge in [-0.05, 0) is 66.9 Å². The highest BCUT2D eigenvalue weighted by Gasteiger charge is 2.33. The largest absolute Gasteiger partial charge is 0.397 e. The molecule has 0 aliphatic rings. The van der Waals surface area contributed by atoms with E-state index in [1.807, 2.05) is 31.2 Å². The van der Waals surface area contributed by atoms with Crippen LogP contribution in [0.1, 0.15) is 12.5 Å². The first-order chi connectivity index (χ1) is 7.27. The smallest absolute Gasteiger partial charge is 0.186 e. The molecule has 86 valence electrons. The Kier molecular flexibility index (Phi) is 4.15. The van der Waals surface area contributed by atoms with E-state index in [9.17, 15) is 5.26 Å². The first kappa shape index (κ1) is 13.7. The van der Waals surface area contributed by atoms with Gasteiger partial charge in [-0.1, -0.05) is 12.1 Å². The van der Waals surface area contributed by atoms with Gasteiger partial charge < -0.3 is 4.43 Å². The highest BCUT2D eigenvalue weighted by atomic mass is 127. The number of benzene rings is 1. The Balaban J connectivity index is 3.06. The van der Waals surface area contributed by atoms with Crippen LogP contribution in [0.25, 0.3) is 0 Å². The van der Waals surface area contributed by atoms with Crippen LogP contribution in [0.5, 0.6) is 0 Å². The van der Waals surface area contributed by atoms with Crippen molar-refractivity contribution < 1.29 is 4.43 Å². The molecule has 0 aromatic heterocycles. The average Bonchev–Trinajstić information content (AvgIpc) is 2.16. The predicted molar refractivity (Wildman–Crippen MR) is 76.6 cm³/mol. The maximum atomic E-state index is 9.32. The molecular formula is C12H16INOSi. The molecule has 0 N–H and O–H groups in total. The Bertz CT molecular complexity index is 405. The Morgan fingerprint density at radius 1 is 1.25 bits per heavy atom. The van der Waals surface area contributed by atoms with E-state index in [1.165, 1.54) is 0 Å². The van der Waals surface area contributed by atoms with Crippen LogP contribution in [-0.2, 0) is 10.0 Å². The van der Waals surface area contributed by atoms with Crippen LogP contribution < -0.4 is 0 Å².